The highest BCUT2D eigenvalue weighted by Gasteiger charge is 2.67. The fourth-order valence-electron chi connectivity index (χ4n) is 5.46. The number of imidazole rings is 1. The first-order chi connectivity index (χ1) is 14.1. The van der Waals surface area contributed by atoms with Crippen molar-refractivity contribution in [1.29, 1.82) is 0 Å². The Hall–Kier alpha value is -3.28. The predicted molar refractivity (Wildman–Crippen MR) is 114 cm³/mol. The summed E-state index contributed by atoms with van der Waals surface area (Å²) in [6.45, 7) is 1.79. The van der Waals surface area contributed by atoms with Gasteiger partial charge in [0.2, 0.25) is 0 Å². The van der Waals surface area contributed by atoms with Crippen molar-refractivity contribution < 1.29 is 4.74 Å². The number of nitrogens with zero attached hydrogens (tertiary/aromatic N) is 3. The lowest BCUT2D eigenvalue weighted by atomic mass is 9.35. The maximum atomic E-state index is 6.11. The third-order valence-electron chi connectivity index (χ3n) is 6.66. The first kappa shape index (κ1) is 16.7. The summed E-state index contributed by atoms with van der Waals surface area (Å²) in [4.78, 5) is 8.51. The van der Waals surface area contributed by atoms with E-state index in [-0.39, 0.29) is 0 Å². The Balaban J connectivity index is 1.07. The maximum absolute atomic E-state index is 6.11. The number of hydrogen-bond donors (Lipinski definition) is 2. The second-order valence-electron chi connectivity index (χ2n) is 8.82. The second kappa shape index (κ2) is 5.86. The lowest BCUT2D eigenvalue weighted by molar-refractivity contribution is -0.209. The van der Waals surface area contributed by atoms with Crippen LogP contribution in [0.4, 0.5) is 11.5 Å². The van der Waals surface area contributed by atoms with Crippen LogP contribution in [0.1, 0.15) is 19.3 Å². The molecular formula is C23H23N5O. The van der Waals surface area contributed by atoms with Gasteiger partial charge in [0, 0.05) is 59.3 Å². The van der Waals surface area contributed by atoms with Crippen LogP contribution >= 0.6 is 0 Å². The molecule has 3 saturated carbocycles. The van der Waals surface area contributed by atoms with E-state index in [9.17, 15) is 0 Å². The van der Waals surface area contributed by atoms with Gasteiger partial charge in [-0.3, -0.25) is 0 Å². The molecule has 0 atom stereocenters. The molecule has 3 aliphatic carbocycles. The number of aromatic nitrogens is 3. The molecule has 3 heterocycles. The van der Waals surface area contributed by atoms with Gasteiger partial charge in [-0.05, 0) is 42.9 Å². The van der Waals surface area contributed by atoms with Crippen LogP contribution in [0.3, 0.4) is 0 Å². The summed E-state index contributed by atoms with van der Waals surface area (Å²) in [5.74, 6) is 1.49. The summed E-state index contributed by atoms with van der Waals surface area (Å²) in [5, 5.41) is 5.81. The molecule has 3 aliphatic rings. The van der Waals surface area contributed by atoms with E-state index in [4.69, 9.17) is 10.5 Å². The molecule has 29 heavy (non-hydrogen) atoms. The number of rotatable bonds is 6. The van der Waals surface area contributed by atoms with Crippen LogP contribution in [0.5, 0.6) is 5.75 Å². The molecule has 0 unspecified atom stereocenters. The minimum atomic E-state index is 0.357. The Morgan fingerprint density at radius 1 is 1.00 bits per heavy atom. The molecule has 0 radical (unpaired) electrons. The van der Waals surface area contributed by atoms with Crippen molar-refractivity contribution in [3.05, 3.63) is 61.2 Å². The molecule has 6 nitrogen and oxygen atoms in total. The van der Waals surface area contributed by atoms with Crippen LogP contribution in [0, 0.1) is 10.8 Å². The number of anilines is 2. The zero-order chi connectivity index (χ0) is 19.5. The van der Waals surface area contributed by atoms with Crippen LogP contribution in [0.15, 0.2) is 61.2 Å². The minimum absolute atomic E-state index is 0.357. The molecule has 1 aromatic carbocycles. The van der Waals surface area contributed by atoms with Gasteiger partial charge in [-0.15, -0.1) is 0 Å². The number of fused-ring (bicyclic) bond motifs is 2. The van der Waals surface area contributed by atoms with Crippen molar-refractivity contribution in [3.8, 4) is 5.75 Å². The molecule has 0 spiro atoms. The van der Waals surface area contributed by atoms with E-state index in [0.29, 0.717) is 16.6 Å². The smallest absolute Gasteiger partial charge is 0.140 e. The molecule has 0 amide bonds. The van der Waals surface area contributed by atoms with Crippen LogP contribution in [0.2, 0.25) is 0 Å². The average Bonchev–Trinajstić information content (AvgIpc) is 3.14. The van der Waals surface area contributed by atoms with Gasteiger partial charge >= 0.3 is 0 Å². The number of ether oxygens (including phenoxy) is 1. The van der Waals surface area contributed by atoms with Crippen molar-refractivity contribution in [3.63, 3.8) is 0 Å². The van der Waals surface area contributed by atoms with E-state index in [1.165, 1.54) is 19.3 Å². The molecule has 6 heteroatoms. The molecule has 3 fully saturated rings. The van der Waals surface area contributed by atoms with Crippen molar-refractivity contribution in [1.82, 2.24) is 14.4 Å². The number of nitrogen functional groups attached to an aromatic ring is 1. The lowest BCUT2D eigenvalue weighted by Crippen LogP contribution is -2.66. The zero-order valence-corrected chi connectivity index (χ0v) is 16.1. The molecule has 2 bridgehead atoms. The number of hydrogen-bond acceptors (Lipinski definition) is 5. The van der Waals surface area contributed by atoms with Gasteiger partial charge in [0.05, 0.1) is 6.61 Å². The Morgan fingerprint density at radius 3 is 2.79 bits per heavy atom. The summed E-state index contributed by atoms with van der Waals surface area (Å²) in [5.41, 5.74) is 8.85. The van der Waals surface area contributed by atoms with Gasteiger partial charge in [-0.25, -0.2) is 9.97 Å². The van der Waals surface area contributed by atoms with Gasteiger partial charge in [0.15, 0.2) is 0 Å². The van der Waals surface area contributed by atoms with Gasteiger partial charge < -0.3 is 20.2 Å². The van der Waals surface area contributed by atoms with Crippen molar-refractivity contribution in [2.24, 2.45) is 10.8 Å². The minimum Gasteiger partial charge on any atom is -0.493 e. The summed E-state index contributed by atoms with van der Waals surface area (Å²) >= 11 is 0. The van der Waals surface area contributed by atoms with Gasteiger partial charge in [0.1, 0.15) is 17.2 Å². The first-order valence-electron chi connectivity index (χ1n) is 10.1. The molecule has 4 aromatic rings. The van der Waals surface area contributed by atoms with Crippen molar-refractivity contribution >= 4 is 27.9 Å². The highest BCUT2D eigenvalue weighted by molar-refractivity contribution is 5.99. The third kappa shape index (κ3) is 2.63. The second-order valence-corrected chi connectivity index (χ2v) is 8.82. The summed E-state index contributed by atoms with van der Waals surface area (Å²) < 4.78 is 8.10. The molecule has 3 aromatic heterocycles. The molecule has 0 aliphatic heterocycles. The summed E-state index contributed by atoms with van der Waals surface area (Å²) in [6, 6.07) is 12.2. The normalized spacial score (nSPS) is 24.8. The quantitative estimate of drug-likeness (QED) is 0.522. The fraction of sp³-hybridized carbons (Fsp3) is 0.304. The first-order valence-corrected chi connectivity index (χ1v) is 10.1. The van der Waals surface area contributed by atoms with Crippen LogP contribution < -0.4 is 15.8 Å². The van der Waals surface area contributed by atoms with E-state index in [1.807, 2.05) is 47.1 Å². The van der Waals surface area contributed by atoms with Gasteiger partial charge in [-0.2, -0.15) is 0 Å². The number of nitrogens with two attached hydrogens (primary N) is 1. The Morgan fingerprint density at radius 2 is 1.90 bits per heavy atom. The maximum Gasteiger partial charge on any atom is 0.140 e. The molecule has 0 saturated heterocycles. The zero-order valence-electron chi connectivity index (χ0n) is 16.1. The number of benzene rings is 1. The SMILES string of the molecule is Nc1nccc2c(NCC34CC(COc5ccn6ccnc6c5)(C3)C4)cccc12. The van der Waals surface area contributed by atoms with Crippen molar-refractivity contribution in [2.75, 3.05) is 24.2 Å². The standard InChI is InChI=1S/C23H23N5O/c24-21-18-2-1-3-19(17(18)4-6-26-21)27-14-22-11-23(12-22,13-22)15-29-16-5-8-28-9-7-25-20(28)10-16/h1-10,27H,11-15H2,(H2,24,26). The summed E-state index contributed by atoms with van der Waals surface area (Å²) in [7, 11) is 0. The summed E-state index contributed by atoms with van der Waals surface area (Å²) in [6.07, 6.45) is 11.2. The Bertz CT molecular complexity index is 1210. The average molecular weight is 385 g/mol. The van der Waals surface area contributed by atoms with E-state index in [0.717, 1.165) is 41.0 Å². The van der Waals surface area contributed by atoms with Crippen LogP contribution in [-0.2, 0) is 0 Å². The third-order valence-corrected chi connectivity index (χ3v) is 6.66. The number of nitrogens with one attached hydrogen (secondary N) is 1. The molecule has 146 valence electrons. The van der Waals surface area contributed by atoms with Gasteiger partial charge in [0.25, 0.3) is 0 Å². The van der Waals surface area contributed by atoms with E-state index < -0.39 is 0 Å². The highest BCUT2D eigenvalue weighted by Crippen LogP contribution is 2.73. The molecular weight excluding hydrogens is 362 g/mol. The highest BCUT2D eigenvalue weighted by atomic mass is 16.5. The van der Waals surface area contributed by atoms with Gasteiger partial charge in [-0.1, -0.05) is 12.1 Å². The van der Waals surface area contributed by atoms with E-state index >= 15 is 0 Å². The van der Waals surface area contributed by atoms with Crippen LogP contribution in [0.25, 0.3) is 16.4 Å². The Labute approximate surface area is 168 Å². The molecule has 7 rings (SSSR count). The topological polar surface area (TPSA) is 77.5 Å². The Kier molecular flexibility index (Phi) is 3.37. The monoisotopic (exact) mass is 385 g/mol. The van der Waals surface area contributed by atoms with Crippen LogP contribution in [-0.4, -0.2) is 27.5 Å². The van der Waals surface area contributed by atoms with E-state index in [2.05, 4.69) is 21.4 Å². The number of pyridine rings is 2. The lowest BCUT2D eigenvalue weighted by Gasteiger charge is -2.70. The predicted octanol–water partition coefficient (Wildman–Crippen LogP) is 4.13. The fourth-order valence-corrected chi connectivity index (χ4v) is 5.46. The van der Waals surface area contributed by atoms with Crippen molar-refractivity contribution in [2.45, 2.75) is 19.3 Å². The molecule has 3 N–H and O–H groups in total. The largest absolute Gasteiger partial charge is 0.493 e. The van der Waals surface area contributed by atoms with E-state index in [1.54, 1.807) is 12.4 Å².